The molecule has 1 amide bonds. The third kappa shape index (κ3) is 5.02. The lowest BCUT2D eigenvalue weighted by atomic mass is 9.80. The normalized spacial score (nSPS) is 18.3. The SMILES string of the molecule is CC1(CNCc2ccn[nH]2)CCN(C(=O)OC(C)(C)C)CC1. The molecule has 0 atom stereocenters. The maximum atomic E-state index is 12.1. The molecule has 2 rings (SSSR count). The zero-order chi connectivity index (χ0) is 16.2. The van der Waals surface area contributed by atoms with Gasteiger partial charge >= 0.3 is 6.09 Å². The number of hydrogen-bond donors (Lipinski definition) is 2. The Morgan fingerprint density at radius 1 is 1.45 bits per heavy atom. The highest BCUT2D eigenvalue weighted by Gasteiger charge is 2.33. The number of nitrogens with zero attached hydrogens (tertiary/aromatic N) is 2. The van der Waals surface area contributed by atoms with Crippen LogP contribution in [0.25, 0.3) is 0 Å². The van der Waals surface area contributed by atoms with Gasteiger partial charge in [-0.3, -0.25) is 5.10 Å². The Hall–Kier alpha value is -1.56. The highest BCUT2D eigenvalue weighted by molar-refractivity contribution is 5.68. The molecule has 0 saturated carbocycles. The number of nitrogens with one attached hydrogen (secondary N) is 2. The first-order valence-electron chi connectivity index (χ1n) is 7.94. The largest absolute Gasteiger partial charge is 0.444 e. The minimum absolute atomic E-state index is 0.194. The van der Waals surface area contributed by atoms with Crippen LogP contribution in [0.4, 0.5) is 4.79 Å². The molecule has 124 valence electrons. The van der Waals surface area contributed by atoms with Crippen LogP contribution < -0.4 is 5.32 Å². The van der Waals surface area contributed by atoms with Crippen LogP contribution in [0.2, 0.25) is 0 Å². The van der Waals surface area contributed by atoms with Crippen molar-refractivity contribution in [1.29, 1.82) is 0 Å². The van der Waals surface area contributed by atoms with E-state index in [9.17, 15) is 4.79 Å². The standard InChI is InChI=1S/C16H28N4O2/c1-15(2,3)22-14(21)20-9-6-16(4,7-10-20)12-17-11-13-5-8-18-19-13/h5,8,17H,6-7,9-12H2,1-4H3,(H,18,19). The van der Waals surface area contributed by atoms with Crippen molar-refractivity contribution >= 4 is 6.09 Å². The minimum atomic E-state index is -0.427. The Kier molecular flexibility index (Phi) is 5.11. The summed E-state index contributed by atoms with van der Waals surface area (Å²) in [5, 5.41) is 10.4. The summed E-state index contributed by atoms with van der Waals surface area (Å²) in [7, 11) is 0. The highest BCUT2D eigenvalue weighted by Crippen LogP contribution is 2.30. The molecule has 0 spiro atoms. The molecule has 0 bridgehead atoms. The van der Waals surface area contributed by atoms with Crippen molar-refractivity contribution in [1.82, 2.24) is 20.4 Å². The van der Waals surface area contributed by atoms with Gasteiger partial charge in [0, 0.05) is 38.1 Å². The van der Waals surface area contributed by atoms with E-state index in [0.717, 1.165) is 44.7 Å². The Balaban J connectivity index is 1.74. The van der Waals surface area contributed by atoms with Gasteiger partial charge < -0.3 is 15.0 Å². The van der Waals surface area contributed by atoms with Crippen molar-refractivity contribution in [3.8, 4) is 0 Å². The van der Waals surface area contributed by atoms with Crippen molar-refractivity contribution in [3.63, 3.8) is 0 Å². The third-order valence-electron chi connectivity index (χ3n) is 4.05. The van der Waals surface area contributed by atoms with Crippen LogP contribution in [0.5, 0.6) is 0 Å². The van der Waals surface area contributed by atoms with Crippen molar-refractivity contribution in [2.75, 3.05) is 19.6 Å². The van der Waals surface area contributed by atoms with Gasteiger partial charge in [-0.1, -0.05) is 6.92 Å². The molecule has 0 unspecified atom stereocenters. The minimum Gasteiger partial charge on any atom is -0.444 e. The number of H-pyrrole nitrogens is 1. The van der Waals surface area contributed by atoms with Gasteiger partial charge in [-0.2, -0.15) is 5.10 Å². The number of ether oxygens (including phenoxy) is 1. The van der Waals surface area contributed by atoms with E-state index in [4.69, 9.17) is 4.74 Å². The summed E-state index contributed by atoms with van der Waals surface area (Å²) in [4.78, 5) is 13.9. The lowest BCUT2D eigenvalue weighted by molar-refractivity contribution is 0.0119. The summed E-state index contributed by atoms with van der Waals surface area (Å²) in [5.41, 5.74) is 0.886. The van der Waals surface area contributed by atoms with E-state index in [1.165, 1.54) is 0 Å². The summed E-state index contributed by atoms with van der Waals surface area (Å²) in [6, 6.07) is 1.97. The molecule has 2 N–H and O–H groups in total. The van der Waals surface area contributed by atoms with Gasteiger partial charge in [-0.05, 0) is 45.1 Å². The summed E-state index contributed by atoms with van der Waals surface area (Å²) in [5.74, 6) is 0. The average Bonchev–Trinajstić information content (AvgIpc) is 2.90. The number of carbonyl (C=O) groups is 1. The third-order valence-corrected chi connectivity index (χ3v) is 4.05. The topological polar surface area (TPSA) is 70.2 Å². The van der Waals surface area contributed by atoms with Gasteiger partial charge in [0.2, 0.25) is 0 Å². The molecule has 1 aromatic rings. The molecule has 1 saturated heterocycles. The predicted octanol–water partition coefficient (Wildman–Crippen LogP) is 2.54. The van der Waals surface area contributed by atoms with Crippen LogP contribution in [0.3, 0.4) is 0 Å². The molecular weight excluding hydrogens is 280 g/mol. The molecule has 1 aliphatic heterocycles. The number of likely N-dealkylation sites (tertiary alicyclic amines) is 1. The molecule has 2 heterocycles. The summed E-state index contributed by atoms with van der Waals surface area (Å²) in [6.45, 7) is 11.2. The molecule has 0 aromatic carbocycles. The fourth-order valence-corrected chi connectivity index (χ4v) is 2.61. The van der Waals surface area contributed by atoms with Crippen LogP contribution in [0.15, 0.2) is 12.3 Å². The number of carbonyl (C=O) groups excluding carboxylic acids is 1. The Morgan fingerprint density at radius 3 is 2.68 bits per heavy atom. The van der Waals surface area contributed by atoms with Crippen LogP contribution in [0.1, 0.15) is 46.2 Å². The molecule has 0 radical (unpaired) electrons. The molecule has 1 aliphatic rings. The van der Waals surface area contributed by atoms with Gasteiger partial charge in [0.1, 0.15) is 5.60 Å². The predicted molar refractivity (Wildman–Crippen MR) is 85.4 cm³/mol. The summed E-state index contributed by atoms with van der Waals surface area (Å²) >= 11 is 0. The Labute approximate surface area is 132 Å². The van der Waals surface area contributed by atoms with Crippen molar-refractivity contribution in [2.24, 2.45) is 5.41 Å². The fraction of sp³-hybridized carbons (Fsp3) is 0.750. The highest BCUT2D eigenvalue weighted by atomic mass is 16.6. The molecule has 6 heteroatoms. The lowest BCUT2D eigenvalue weighted by Crippen LogP contribution is -2.47. The van der Waals surface area contributed by atoms with Crippen LogP contribution in [0, 0.1) is 5.41 Å². The molecule has 22 heavy (non-hydrogen) atoms. The zero-order valence-corrected chi connectivity index (χ0v) is 14.1. The average molecular weight is 308 g/mol. The Morgan fingerprint density at radius 2 is 2.14 bits per heavy atom. The number of hydrogen-bond acceptors (Lipinski definition) is 4. The van der Waals surface area contributed by atoms with E-state index >= 15 is 0 Å². The molecule has 1 fully saturated rings. The van der Waals surface area contributed by atoms with Gasteiger partial charge in [0.15, 0.2) is 0 Å². The molecule has 1 aromatic heterocycles. The number of piperidine rings is 1. The maximum absolute atomic E-state index is 12.1. The first-order chi connectivity index (χ1) is 10.3. The monoisotopic (exact) mass is 308 g/mol. The second kappa shape index (κ2) is 6.69. The van der Waals surface area contributed by atoms with E-state index in [1.807, 2.05) is 31.7 Å². The number of amides is 1. The Bertz CT molecular complexity index is 471. The molecule has 6 nitrogen and oxygen atoms in total. The maximum Gasteiger partial charge on any atom is 0.410 e. The van der Waals surface area contributed by atoms with E-state index in [-0.39, 0.29) is 11.5 Å². The van der Waals surface area contributed by atoms with E-state index in [1.54, 1.807) is 6.20 Å². The lowest BCUT2D eigenvalue weighted by Gasteiger charge is -2.39. The summed E-state index contributed by atoms with van der Waals surface area (Å²) < 4.78 is 5.44. The van der Waals surface area contributed by atoms with E-state index in [2.05, 4.69) is 22.4 Å². The smallest absolute Gasteiger partial charge is 0.410 e. The zero-order valence-electron chi connectivity index (χ0n) is 14.1. The second-order valence-electron chi connectivity index (χ2n) is 7.46. The molecular formula is C16H28N4O2. The van der Waals surface area contributed by atoms with Gasteiger partial charge in [-0.25, -0.2) is 4.79 Å². The van der Waals surface area contributed by atoms with E-state index in [0.29, 0.717) is 0 Å². The van der Waals surface area contributed by atoms with Crippen molar-refractivity contribution < 1.29 is 9.53 Å². The van der Waals surface area contributed by atoms with Gasteiger partial charge in [0.05, 0.1) is 0 Å². The number of aromatic nitrogens is 2. The second-order valence-corrected chi connectivity index (χ2v) is 7.46. The van der Waals surface area contributed by atoms with E-state index < -0.39 is 5.60 Å². The van der Waals surface area contributed by atoms with Crippen molar-refractivity contribution in [3.05, 3.63) is 18.0 Å². The first kappa shape index (κ1) is 16.8. The molecule has 0 aliphatic carbocycles. The number of aromatic amines is 1. The fourth-order valence-electron chi connectivity index (χ4n) is 2.61. The van der Waals surface area contributed by atoms with Crippen LogP contribution in [-0.4, -0.2) is 46.4 Å². The number of rotatable bonds is 4. The quantitative estimate of drug-likeness (QED) is 0.897. The van der Waals surface area contributed by atoms with Gasteiger partial charge in [0.25, 0.3) is 0 Å². The van der Waals surface area contributed by atoms with Gasteiger partial charge in [-0.15, -0.1) is 0 Å². The van der Waals surface area contributed by atoms with Crippen molar-refractivity contribution in [2.45, 2.75) is 52.7 Å². The van der Waals surface area contributed by atoms with Crippen LogP contribution in [-0.2, 0) is 11.3 Å². The summed E-state index contributed by atoms with van der Waals surface area (Å²) in [6.07, 6.45) is 3.54. The van der Waals surface area contributed by atoms with Crippen LogP contribution >= 0.6 is 0 Å². The first-order valence-corrected chi connectivity index (χ1v) is 7.94.